The van der Waals surface area contributed by atoms with Gasteiger partial charge in [-0.3, -0.25) is 0 Å². The van der Waals surface area contributed by atoms with Gasteiger partial charge in [0.2, 0.25) is 0 Å². The second-order valence-corrected chi connectivity index (χ2v) is 1.79. The molecule has 0 saturated carbocycles. The van der Waals surface area contributed by atoms with Crippen LogP contribution in [0.3, 0.4) is 0 Å². The minimum atomic E-state index is 0. The van der Waals surface area contributed by atoms with Crippen molar-refractivity contribution in [3.63, 3.8) is 0 Å². The van der Waals surface area contributed by atoms with Gasteiger partial charge in [0.25, 0.3) is 0 Å². The van der Waals surface area contributed by atoms with Crippen LogP contribution >= 0.6 is 11.8 Å². The van der Waals surface area contributed by atoms with Crippen LogP contribution in [0.1, 0.15) is 6.92 Å². The number of hydrogen-bond donors (Lipinski definition) is 0. The largest absolute Gasteiger partial charge is 1.00 e. The zero-order valence-electron chi connectivity index (χ0n) is 5.27. The molecule has 0 aliphatic rings. The fourth-order valence-corrected chi connectivity index (χ4v) is 0.548. The summed E-state index contributed by atoms with van der Waals surface area (Å²) in [5.41, 5.74) is 0. The van der Waals surface area contributed by atoms with Crippen LogP contribution < -0.4 is 51.4 Å². The van der Waals surface area contributed by atoms with E-state index in [1.165, 1.54) is 0 Å². The van der Waals surface area contributed by atoms with Crippen molar-refractivity contribution in [3.05, 3.63) is 5.32 Å². The first-order valence-corrected chi connectivity index (χ1v) is 3.43. The van der Waals surface area contributed by atoms with E-state index in [1.807, 2.05) is 0 Å². The molecular weight excluding hydrogens is 133 g/mol. The molecule has 0 atom stereocenters. The topological polar surface area (TPSA) is 14.1 Å². The second-order valence-electron chi connectivity index (χ2n) is 0.958. The SMILES string of the molecule is CC[N-]CSC.[K+]. The quantitative estimate of drug-likeness (QED) is 0.354. The maximum absolute atomic E-state index is 4.05. The molecule has 0 radical (unpaired) electrons. The van der Waals surface area contributed by atoms with Gasteiger partial charge in [0.1, 0.15) is 0 Å². The normalized spacial score (nSPS) is 7.71. The molecule has 1 nitrogen and oxygen atoms in total. The molecule has 0 aromatic carbocycles. The molecule has 0 spiro atoms. The van der Waals surface area contributed by atoms with Crippen LogP contribution in [-0.4, -0.2) is 18.7 Å². The van der Waals surface area contributed by atoms with Crippen LogP contribution in [0.25, 0.3) is 5.32 Å². The van der Waals surface area contributed by atoms with E-state index in [1.54, 1.807) is 11.8 Å². The van der Waals surface area contributed by atoms with E-state index < -0.39 is 0 Å². The van der Waals surface area contributed by atoms with Gasteiger partial charge >= 0.3 is 51.4 Å². The fourth-order valence-electron chi connectivity index (χ4n) is 0.183. The molecule has 0 bridgehead atoms. The second kappa shape index (κ2) is 10.8. The average molecular weight is 143 g/mol. The third-order valence-electron chi connectivity index (χ3n) is 0.444. The van der Waals surface area contributed by atoms with Crippen LogP contribution in [0.15, 0.2) is 0 Å². The van der Waals surface area contributed by atoms with Gasteiger partial charge in [-0.05, 0) is 6.26 Å². The number of rotatable bonds is 3. The summed E-state index contributed by atoms with van der Waals surface area (Å²) in [6.45, 7) is 3.01. The molecule has 0 rings (SSSR count). The van der Waals surface area contributed by atoms with Gasteiger partial charge in [-0.1, -0.05) is 6.92 Å². The Bertz CT molecular complexity index is 23.7. The summed E-state index contributed by atoms with van der Waals surface area (Å²) in [6, 6.07) is 0. The van der Waals surface area contributed by atoms with Crippen molar-refractivity contribution in [1.82, 2.24) is 0 Å². The summed E-state index contributed by atoms with van der Waals surface area (Å²) in [5.74, 6) is 0.955. The van der Waals surface area contributed by atoms with Crippen molar-refractivity contribution in [2.45, 2.75) is 6.92 Å². The van der Waals surface area contributed by atoms with Crippen molar-refractivity contribution in [2.75, 3.05) is 18.7 Å². The van der Waals surface area contributed by atoms with Crippen LogP contribution in [0.2, 0.25) is 0 Å². The van der Waals surface area contributed by atoms with Gasteiger partial charge in [0.15, 0.2) is 0 Å². The van der Waals surface area contributed by atoms with Gasteiger partial charge < -0.3 is 5.32 Å². The Morgan fingerprint density at radius 1 is 1.57 bits per heavy atom. The van der Waals surface area contributed by atoms with E-state index in [9.17, 15) is 0 Å². The smallest absolute Gasteiger partial charge is 0.654 e. The summed E-state index contributed by atoms with van der Waals surface area (Å²) >= 11 is 1.76. The maximum atomic E-state index is 4.05. The van der Waals surface area contributed by atoms with Crippen molar-refractivity contribution < 1.29 is 51.4 Å². The molecule has 0 unspecified atom stereocenters. The molecule has 0 aliphatic carbocycles. The maximum Gasteiger partial charge on any atom is 1.00 e. The van der Waals surface area contributed by atoms with Crippen molar-refractivity contribution in [2.24, 2.45) is 0 Å². The van der Waals surface area contributed by atoms with E-state index in [0.717, 1.165) is 12.4 Å². The molecule has 3 heteroatoms. The van der Waals surface area contributed by atoms with Crippen molar-refractivity contribution in [1.29, 1.82) is 0 Å². The van der Waals surface area contributed by atoms with Crippen molar-refractivity contribution >= 4 is 11.8 Å². The summed E-state index contributed by atoms with van der Waals surface area (Å²) in [6.07, 6.45) is 2.05. The Hall–Kier alpha value is 1.95. The zero-order valence-corrected chi connectivity index (χ0v) is 9.21. The number of hydrogen-bond acceptors (Lipinski definition) is 1. The predicted molar refractivity (Wildman–Crippen MR) is 32.3 cm³/mol. The molecular formula is C4H10KNS. The van der Waals surface area contributed by atoms with Crippen LogP contribution in [0, 0.1) is 0 Å². The minimum Gasteiger partial charge on any atom is -0.654 e. The number of nitrogens with zero attached hydrogens (tertiary/aromatic N) is 1. The fraction of sp³-hybridized carbons (Fsp3) is 1.00. The summed E-state index contributed by atoms with van der Waals surface area (Å²) in [7, 11) is 0. The van der Waals surface area contributed by atoms with E-state index >= 15 is 0 Å². The molecule has 0 saturated heterocycles. The van der Waals surface area contributed by atoms with Gasteiger partial charge in [-0.25, -0.2) is 0 Å². The molecule has 0 fully saturated rings. The molecule has 0 aliphatic heterocycles. The van der Waals surface area contributed by atoms with E-state index in [2.05, 4.69) is 18.5 Å². The molecule has 0 aromatic heterocycles. The van der Waals surface area contributed by atoms with E-state index in [4.69, 9.17) is 0 Å². The molecule has 7 heavy (non-hydrogen) atoms. The van der Waals surface area contributed by atoms with Crippen LogP contribution in [-0.2, 0) is 0 Å². The molecule has 38 valence electrons. The Labute approximate surface area is 92.4 Å². The van der Waals surface area contributed by atoms with Crippen LogP contribution in [0.4, 0.5) is 0 Å². The van der Waals surface area contributed by atoms with Gasteiger partial charge in [0, 0.05) is 0 Å². The summed E-state index contributed by atoms with van der Waals surface area (Å²) in [5, 5.41) is 4.05. The average Bonchev–Trinajstić information content (AvgIpc) is 1.61. The first-order valence-electron chi connectivity index (χ1n) is 2.04. The van der Waals surface area contributed by atoms with E-state index in [-0.39, 0.29) is 51.4 Å². The monoisotopic (exact) mass is 143 g/mol. The Morgan fingerprint density at radius 3 is 2.29 bits per heavy atom. The summed E-state index contributed by atoms with van der Waals surface area (Å²) < 4.78 is 0. The third kappa shape index (κ3) is 11.5. The molecule has 0 heterocycles. The Balaban J connectivity index is 0. The Kier molecular flexibility index (Phi) is 18.1. The van der Waals surface area contributed by atoms with Gasteiger partial charge in [-0.15, -0.1) is 5.88 Å². The van der Waals surface area contributed by atoms with Gasteiger partial charge in [-0.2, -0.15) is 18.3 Å². The Morgan fingerprint density at radius 2 is 2.14 bits per heavy atom. The molecule has 0 amide bonds. The van der Waals surface area contributed by atoms with Crippen molar-refractivity contribution in [3.8, 4) is 0 Å². The van der Waals surface area contributed by atoms with E-state index in [0.29, 0.717) is 0 Å². The first kappa shape index (κ1) is 11.7. The summed E-state index contributed by atoms with van der Waals surface area (Å²) in [4.78, 5) is 0. The third-order valence-corrected chi connectivity index (χ3v) is 0.885. The molecule has 0 aromatic rings. The van der Waals surface area contributed by atoms with Gasteiger partial charge in [0.05, 0.1) is 0 Å². The molecule has 0 N–H and O–H groups in total. The van der Waals surface area contributed by atoms with Crippen LogP contribution in [0.5, 0.6) is 0 Å². The predicted octanol–water partition coefficient (Wildman–Crippen LogP) is -1.30. The number of thioether (sulfide) groups is 1. The zero-order chi connectivity index (χ0) is 4.83. The minimum absolute atomic E-state index is 0. The first-order chi connectivity index (χ1) is 2.91. The standard InChI is InChI=1S/C4H10NS.K/c1-3-5-4-6-2;/h3-4H2,1-2H3;/q-1;+1.